The highest BCUT2D eigenvalue weighted by Gasteiger charge is 2.33. The number of nitrogens with zero attached hydrogens (tertiary/aromatic N) is 6. The Hall–Kier alpha value is -4.92. The van der Waals surface area contributed by atoms with Gasteiger partial charge in [0.25, 0.3) is 5.91 Å². The largest absolute Gasteiger partial charge is 0.447 e. The first-order chi connectivity index (χ1) is 23.7. The number of nitrogens with one attached hydrogen (secondary N) is 1. The third-order valence-electron chi connectivity index (χ3n) is 7.98. The van der Waals surface area contributed by atoms with Crippen LogP contribution in [-0.4, -0.2) is 61.4 Å². The molecule has 1 aliphatic rings. The standard InChI is InChI=1S/C34H37ClF4N8O3/c1-34(2,3)12-13-42-32(40)47(29(48)21-6-4-20(5-7-21)23-15-43-46(17-23)31(38)39)28(18-50-33(49)44-24-9-10-24)22-8-11-26(35)25(14-22)27-16-41-19-45(27)30(36)37/h4-8,11,14-17,19,24,28,30-31H,9-10,12-13,18H2,1-3H3,(H2,40,42)(H,44,49)/t28-/m1/s1. The lowest BCUT2D eigenvalue weighted by atomic mass is 9.92. The zero-order valence-electron chi connectivity index (χ0n) is 27.6. The van der Waals surface area contributed by atoms with Crippen LogP contribution in [0.5, 0.6) is 0 Å². The number of nitrogens with two attached hydrogens (primary N) is 1. The third kappa shape index (κ3) is 9.00. The molecule has 1 fully saturated rings. The molecule has 0 spiro atoms. The lowest BCUT2D eigenvalue weighted by molar-refractivity contribution is 0.0566. The first kappa shape index (κ1) is 36.4. The molecule has 11 nitrogen and oxygen atoms in total. The van der Waals surface area contributed by atoms with E-state index in [1.54, 1.807) is 18.2 Å². The lowest BCUT2D eigenvalue weighted by Crippen LogP contribution is -2.46. The number of ether oxygens (including phenoxy) is 1. The van der Waals surface area contributed by atoms with E-state index < -0.39 is 31.1 Å². The Morgan fingerprint density at radius 1 is 1.08 bits per heavy atom. The van der Waals surface area contributed by atoms with Crippen LogP contribution in [-0.2, 0) is 4.74 Å². The summed E-state index contributed by atoms with van der Waals surface area (Å²) in [5.41, 5.74) is 8.13. The van der Waals surface area contributed by atoms with Crippen molar-refractivity contribution in [2.24, 2.45) is 16.1 Å². The van der Waals surface area contributed by atoms with Crippen molar-refractivity contribution in [2.45, 2.75) is 65.2 Å². The molecule has 1 aliphatic carbocycles. The molecular weight excluding hydrogens is 680 g/mol. The van der Waals surface area contributed by atoms with Crippen molar-refractivity contribution in [3.8, 4) is 22.4 Å². The summed E-state index contributed by atoms with van der Waals surface area (Å²) in [5.74, 6) is -0.797. The summed E-state index contributed by atoms with van der Waals surface area (Å²) in [4.78, 5) is 36.7. The van der Waals surface area contributed by atoms with Gasteiger partial charge in [0.05, 0.1) is 30.5 Å². The second kappa shape index (κ2) is 15.3. The topological polar surface area (TPSA) is 133 Å². The van der Waals surface area contributed by atoms with Crippen molar-refractivity contribution in [3.05, 3.63) is 83.5 Å². The number of benzene rings is 2. The number of guanidine groups is 1. The molecule has 1 atom stereocenters. The molecule has 4 aromatic rings. The molecule has 2 amide bonds. The molecule has 266 valence electrons. The zero-order valence-corrected chi connectivity index (χ0v) is 28.3. The molecule has 0 radical (unpaired) electrons. The van der Waals surface area contributed by atoms with Crippen molar-refractivity contribution in [1.82, 2.24) is 29.5 Å². The quantitative estimate of drug-likeness (QED) is 0.0878. The van der Waals surface area contributed by atoms with Crippen LogP contribution in [0.4, 0.5) is 22.4 Å². The van der Waals surface area contributed by atoms with Crippen molar-refractivity contribution in [2.75, 3.05) is 13.2 Å². The Morgan fingerprint density at radius 2 is 1.80 bits per heavy atom. The fraction of sp³-hybridized carbons (Fsp3) is 0.382. The van der Waals surface area contributed by atoms with Crippen LogP contribution >= 0.6 is 11.6 Å². The minimum absolute atomic E-state index is 0.00852. The summed E-state index contributed by atoms with van der Waals surface area (Å²) < 4.78 is 60.7. The molecule has 2 aromatic carbocycles. The number of carbonyl (C=O) groups excluding carboxylic acids is 2. The van der Waals surface area contributed by atoms with E-state index >= 15 is 0 Å². The van der Waals surface area contributed by atoms with Gasteiger partial charge >= 0.3 is 19.2 Å². The minimum Gasteiger partial charge on any atom is -0.447 e. The Bertz CT molecular complexity index is 1830. The predicted molar refractivity (Wildman–Crippen MR) is 180 cm³/mol. The fourth-order valence-electron chi connectivity index (χ4n) is 5.05. The number of hydrogen-bond donors (Lipinski definition) is 2. The number of imidazole rings is 1. The molecule has 2 heterocycles. The van der Waals surface area contributed by atoms with Crippen LogP contribution in [0.1, 0.15) is 75.1 Å². The summed E-state index contributed by atoms with van der Waals surface area (Å²) in [6, 6.07) is 9.61. The molecule has 5 rings (SSSR count). The van der Waals surface area contributed by atoms with E-state index in [2.05, 4.69) is 20.4 Å². The average molecular weight is 717 g/mol. The van der Waals surface area contributed by atoms with Gasteiger partial charge in [-0.3, -0.25) is 19.3 Å². The molecule has 0 saturated heterocycles. The summed E-state index contributed by atoms with van der Waals surface area (Å²) >= 11 is 6.50. The molecule has 1 saturated carbocycles. The van der Waals surface area contributed by atoms with Crippen molar-refractivity contribution in [3.63, 3.8) is 0 Å². The lowest BCUT2D eigenvalue weighted by Gasteiger charge is -2.32. The second-order valence-corrected chi connectivity index (χ2v) is 13.4. The average Bonchev–Trinajstić information content (AvgIpc) is 3.50. The fourth-order valence-corrected chi connectivity index (χ4v) is 5.27. The molecule has 3 N–H and O–H groups in total. The number of aromatic nitrogens is 4. The molecule has 0 unspecified atom stereocenters. The molecular formula is C34H37ClF4N8O3. The summed E-state index contributed by atoms with van der Waals surface area (Å²) in [7, 11) is 0. The van der Waals surface area contributed by atoms with Gasteiger partial charge < -0.3 is 15.8 Å². The van der Waals surface area contributed by atoms with Crippen molar-refractivity contribution >= 4 is 29.6 Å². The number of aliphatic imine (C=N–C) groups is 1. The van der Waals surface area contributed by atoms with Gasteiger partial charge in [0.1, 0.15) is 6.61 Å². The highest BCUT2D eigenvalue weighted by atomic mass is 35.5. The van der Waals surface area contributed by atoms with Crippen LogP contribution in [0.15, 0.2) is 72.4 Å². The molecule has 50 heavy (non-hydrogen) atoms. The number of carbonyl (C=O) groups is 2. The molecule has 0 aliphatic heterocycles. The number of rotatable bonds is 12. The zero-order chi connectivity index (χ0) is 36.2. The van der Waals surface area contributed by atoms with E-state index in [4.69, 9.17) is 22.1 Å². The highest BCUT2D eigenvalue weighted by molar-refractivity contribution is 6.33. The van der Waals surface area contributed by atoms with E-state index in [0.717, 1.165) is 19.2 Å². The van der Waals surface area contributed by atoms with E-state index in [-0.39, 0.29) is 52.4 Å². The maximum absolute atomic E-state index is 14.4. The Morgan fingerprint density at radius 3 is 2.42 bits per heavy atom. The number of alkyl carbamates (subject to hydrolysis) is 1. The van der Waals surface area contributed by atoms with Gasteiger partial charge in [-0.15, -0.1) is 0 Å². The molecule has 2 aromatic heterocycles. The van der Waals surface area contributed by atoms with Gasteiger partial charge in [0.2, 0.25) is 0 Å². The van der Waals surface area contributed by atoms with Crippen LogP contribution in [0, 0.1) is 5.41 Å². The number of amides is 2. The van der Waals surface area contributed by atoms with Gasteiger partial charge in [-0.25, -0.2) is 14.5 Å². The maximum Gasteiger partial charge on any atom is 0.407 e. The van der Waals surface area contributed by atoms with Crippen LogP contribution < -0.4 is 11.1 Å². The van der Waals surface area contributed by atoms with Gasteiger partial charge in [-0.2, -0.15) is 22.7 Å². The second-order valence-electron chi connectivity index (χ2n) is 13.0. The van der Waals surface area contributed by atoms with E-state index in [9.17, 15) is 27.2 Å². The minimum atomic E-state index is -2.91. The van der Waals surface area contributed by atoms with Crippen LogP contribution in [0.25, 0.3) is 22.4 Å². The smallest absolute Gasteiger partial charge is 0.407 e. The highest BCUT2D eigenvalue weighted by Crippen LogP contribution is 2.35. The third-order valence-corrected chi connectivity index (χ3v) is 8.31. The van der Waals surface area contributed by atoms with Crippen LogP contribution in [0.3, 0.4) is 0 Å². The van der Waals surface area contributed by atoms with Crippen LogP contribution in [0.2, 0.25) is 5.02 Å². The maximum atomic E-state index is 14.4. The van der Waals surface area contributed by atoms with E-state index in [1.165, 1.54) is 47.8 Å². The molecule has 0 bridgehead atoms. The number of hydrogen-bond acceptors (Lipinski definition) is 6. The van der Waals surface area contributed by atoms with Crippen molar-refractivity contribution < 1.29 is 31.9 Å². The predicted octanol–water partition coefficient (Wildman–Crippen LogP) is 7.68. The Balaban J connectivity index is 1.57. The van der Waals surface area contributed by atoms with E-state index in [1.807, 2.05) is 20.8 Å². The number of alkyl halides is 4. The van der Waals surface area contributed by atoms with Gasteiger partial charge in [0, 0.05) is 40.5 Å². The summed E-state index contributed by atoms with van der Waals surface area (Å²) in [5, 5.41) is 6.54. The molecule has 16 heteroatoms. The normalized spacial score (nSPS) is 14.2. The van der Waals surface area contributed by atoms with Crippen molar-refractivity contribution in [1.29, 1.82) is 0 Å². The van der Waals surface area contributed by atoms with Gasteiger partial charge in [-0.1, -0.05) is 50.6 Å². The van der Waals surface area contributed by atoms with Gasteiger partial charge in [0.15, 0.2) is 5.96 Å². The SMILES string of the molecule is CC(C)(C)CCN=C(N)N(C(=O)c1ccc(-c2cnn(C(F)F)c2)cc1)[C@H](COC(=O)NC1CC1)c1ccc(Cl)c(-c2cncn2C(F)F)c1. The van der Waals surface area contributed by atoms with E-state index in [0.29, 0.717) is 32.4 Å². The summed E-state index contributed by atoms with van der Waals surface area (Å²) in [6.07, 6.45) is 6.24. The Labute approximate surface area is 291 Å². The first-order valence-corrected chi connectivity index (χ1v) is 16.2. The first-order valence-electron chi connectivity index (χ1n) is 15.8. The Kier molecular flexibility index (Phi) is 11.1. The van der Waals surface area contributed by atoms with Gasteiger partial charge in [-0.05, 0) is 60.1 Å². The number of halogens is 5. The summed E-state index contributed by atoms with van der Waals surface area (Å²) in [6.45, 7) is 0.247. The monoisotopic (exact) mass is 716 g/mol.